The number of esters is 1. The standard InChI is InChI=1S/C31H47O7P/c1-7-8-10-13-24-19-27(32)29(26-18-23(6)14-15-25(26)21(2)3)28(20-24)36-30(33)31(16-11-9-12-17-31)38-39(34,35)37-22(4)5/h18-20,22,25-26,32H,2,7-17H2,1,3-6H3,(H,34,35)/t25-,26+/m0/s1. The zero-order valence-electron chi connectivity index (χ0n) is 24.3. The van der Waals surface area contributed by atoms with E-state index in [1.165, 1.54) is 5.57 Å². The molecule has 1 unspecified atom stereocenters. The van der Waals surface area contributed by atoms with Gasteiger partial charge in [0.2, 0.25) is 0 Å². The summed E-state index contributed by atoms with van der Waals surface area (Å²) in [5.41, 5.74) is 2.04. The summed E-state index contributed by atoms with van der Waals surface area (Å²) >= 11 is 0. The molecule has 0 aliphatic heterocycles. The average Bonchev–Trinajstić information content (AvgIpc) is 2.83. The lowest BCUT2D eigenvalue weighted by molar-refractivity contribution is -0.157. The molecule has 0 heterocycles. The van der Waals surface area contributed by atoms with Crippen LogP contribution in [-0.4, -0.2) is 27.7 Å². The molecule has 218 valence electrons. The van der Waals surface area contributed by atoms with Gasteiger partial charge in [0.05, 0.1) is 6.10 Å². The third-order valence-corrected chi connectivity index (χ3v) is 9.10. The highest BCUT2D eigenvalue weighted by Crippen LogP contribution is 2.53. The van der Waals surface area contributed by atoms with Crippen molar-refractivity contribution in [3.05, 3.63) is 47.1 Å². The molecule has 0 bridgehead atoms. The van der Waals surface area contributed by atoms with Gasteiger partial charge in [0.25, 0.3) is 0 Å². The Morgan fingerprint density at radius 2 is 1.90 bits per heavy atom. The Hall–Kier alpha value is -1.92. The zero-order chi connectivity index (χ0) is 28.8. The van der Waals surface area contributed by atoms with Gasteiger partial charge in [-0.3, -0.25) is 9.05 Å². The molecule has 2 N–H and O–H groups in total. The summed E-state index contributed by atoms with van der Waals surface area (Å²) in [5, 5.41) is 11.4. The first kappa shape index (κ1) is 31.6. The van der Waals surface area contributed by atoms with Gasteiger partial charge in [-0.25, -0.2) is 9.36 Å². The fraction of sp³-hybridized carbons (Fsp3) is 0.645. The van der Waals surface area contributed by atoms with Crippen LogP contribution in [0.1, 0.15) is 116 Å². The maximum atomic E-state index is 13.9. The summed E-state index contributed by atoms with van der Waals surface area (Å²) in [6.45, 7) is 13.7. The molecule has 2 aliphatic rings. The molecular formula is C31H47O7P. The van der Waals surface area contributed by atoms with Gasteiger partial charge in [-0.05, 0) is 103 Å². The lowest BCUT2D eigenvalue weighted by Crippen LogP contribution is -2.45. The van der Waals surface area contributed by atoms with Crippen LogP contribution in [0.25, 0.3) is 0 Å². The normalized spacial score (nSPS) is 22.7. The Morgan fingerprint density at radius 1 is 1.21 bits per heavy atom. The van der Waals surface area contributed by atoms with Crippen LogP contribution in [0.3, 0.4) is 0 Å². The number of rotatable bonds is 12. The second-order valence-corrected chi connectivity index (χ2v) is 13.0. The largest absolute Gasteiger partial charge is 0.507 e. The van der Waals surface area contributed by atoms with Crippen LogP contribution in [0.5, 0.6) is 11.5 Å². The molecule has 0 aromatic heterocycles. The van der Waals surface area contributed by atoms with Crippen molar-refractivity contribution in [1.29, 1.82) is 0 Å². The predicted molar refractivity (Wildman–Crippen MR) is 154 cm³/mol. The van der Waals surface area contributed by atoms with E-state index in [0.717, 1.165) is 56.1 Å². The lowest BCUT2D eigenvalue weighted by atomic mass is 9.73. The Kier molecular flexibility index (Phi) is 11.0. The van der Waals surface area contributed by atoms with Gasteiger partial charge in [-0.1, -0.05) is 50.0 Å². The van der Waals surface area contributed by atoms with Gasteiger partial charge in [0, 0.05) is 11.5 Å². The summed E-state index contributed by atoms with van der Waals surface area (Å²) in [6.07, 6.45) is 9.96. The molecule has 1 saturated carbocycles. The monoisotopic (exact) mass is 562 g/mol. The van der Waals surface area contributed by atoms with Gasteiger partial charge >= 0.3 is 13.8 Å². The number of phosphoric acid groups is 1. The molecule has 1 aromatic carbocycles. The first-order valence-corrected chi connectivity index (χ1v) is 16.0. The number of carbonyl (C=O) groups excluding carboxylic acids is 1. The van der Waals surface area contributed by atoms with Crippen LogP contribution >= 0.6 is 7.82 Å². The van der Waals surface area contributed by atoms with E-state index in [1.54, 1.807) is 19.9 Å². The number of aromatic hydroxyl groups is 1. The molecule has 0 radical (unpaired) electrons. The minimum atomic E-state index is -4.52. The summed E-state index contributed by atoms with van der Waals surface area (Å²) in [6, 6.07) is 3.62. The Balaban J connectivity index is 2.06. The topological polar surface area (TPSA) is 102 Å². The highest BCUT2D eigenvalue weighted by atomic mass is 31.2. The van der Waals surface area contributed by atoms with Crippen LogP contribution < -0.4 is 4.74 Å². The number of hydrogen-bond acceptors (Lipinski definition) is 6. The maximum absolute atomic E-state index is 13.9. The van der Waals surface area contributed by atoms with Crippen LogP contribution in [0.4, 0.5) is 0 Å². The van der Waals surface area contributed by atoms with E-state index in [2.05, 4.69) is 26.5 Å². The van der Waals surface area contributed by atoms with E-state index in [-0.39, 0.29) is 36.2 Å². The van der Waals surface area contributed by atoms with Crippen LogP contribution in [0.15, 0.2) is 35.9 Å². The number of phenols is 1. The molecule has 0 saturated heterocycles. The summed E-state index contributed by atoms with van der Waals surface area (Å²) in [7, 11) is -4.52. The summed E-state index contributed by atoms with van der Waals surface area (Å²) in [4.78, 5) is 24.4. The number of unbranched alkanes of at least 4 members (excludes halogenated alkanes) is 2. The van der Waals surface area contributed by atoms with Crippen LogP contribution in [0.2, 0.25) is 0 Å². The number of carbonyl (C=O) groups is 1. The van der Waals surface area contributed by atoms with Gasteiger partial charge in [-0.15, -0.1) is 0 Å². The van der Waals surface area contributed by atoms with Crippen molar-refractivity contribution in [1.82, 2.24) is 0 Å². The van der Waals surface area contributed by atoms with E-state index < -0.39 is 25.5 Å². The van der Waals surface area contributed by atoms with Crippen molar-refractivity contribution >= 4 is 13.8 Å². The number of ether oxygens (including phenoxy) is 1. The minimum absolute atomic E-state index is 0.0833. The second kappa shape index (κ2) is 13.6. The number of phosphoric ester groups is 1. The second-order valence-electron chi connectivity index (χ2n) is 11.7. The number of allylic oxidation sites excluding steroid dienone is 3. The van der Waals surface area contributed by atoms with Crippen molar-refractivity contribution in [3.63, 3.8) is 0 Å². The van der Waals surface area contributed by atoms with Gasteiger partial charge < -0.3 is 14.7 Å². The molecule has 2 aliphatic carbocycles. The molecule has 7 nitrogen and oxygen atoms in total. The Labute approximate surface area is 234 Å². The van der Waals surface area contributed by atoms with Crippen molar-refractivity contribution in [3.8, 4) is 11.5 Å². The first-order chi connectivity index (χ1) is 18.4. The average molecular weight is 563 g/mol. The third kappa shape index (κ3) is 8.29. The van der Waals surface area contributed by atoms with Crippen molar-refractivity contribution < 1.29 is 33.1 Å². The number of hydrogen-bond donors (Lipinski definition) is 2. The molecule has 0 amide bonds. The highest BCUT2D eigenvalue weighted by Gasteiger charge is 2.49. The zero-order valence-corrected chi connectivity index (χ0v) is 25.2. The van der Waals surface area contributed by atoms with Crippen molar-refractivity contribution in [2.45, 2.75) is 123 Å². The van der Waals surface area contributed by atoms with Gasteiger partial charge in [-0.2, -0.15) is 0 Å². The quantitative estimate of drug-likeness (QED) is 0.0868. The number of phenolic OH excluding ortho intramolecular Hbond substituents is 1. The van der Waals surface area contributed by atoms with E-state index in [4.69, 9.17) is 13.8 Å². The molecular weight excluding hydrogens is 515 g/mol. The summed E-state index contributed by atoms with van der Waals surface area (Å²) < 4.78 is 29.7. The molecule has 8 heteroatoms. The van der Waals surface area contributed by atoms with E-state index in [1.807, 2.05) is 13.0 Å². The smallest absolute Gasteiger partial charge is 0.473 e. The van der Waals surface area contributed by atoms with E-state index in [0.29, 0.717) is 18.4 Å². The van der Waals surface area contributed by atoms with Crippen LogP contribution in [-0.2, 0) is 24.8 Å². The van der Waals surface area contributed by atoms with Gasteiger partial charge in [0.15, 0.2) is 5.60 Å². The first-order valence-electron chi connectivity index (χ1n) is 14.5. The molecule has 1 aromatic rings. The minimum Gasteiger partial charge on any atom is -0.507 e. The molecule has 1 fully saturated rings. The van der Waals surface area contributed by atoms with Gasteiger partial charge in [0.1, 0.15) is 11.5 Å². The lowest BCUT2D eigenvalue weighted by Gasteiger charge is -2.36. The highest BCUT2D eigenvalue weighted by molar-refractivity contribution is 7.47. The van der Waals surface area contributed by atoms with E-state index in [9.17, 15) is 19.4 Å². The molecule has 0 spiro atoms. The molecule has 3 rings (SSSR count). The van der Waals surface area contributed by atoms with Crippen molar-refractivity contribution in [2.75, 3.05) is 0 Å². The SMILES string of the molecule is C=C(C)[C@@H]1CCC(C)=C[C@H]1c1c(O)cc(CCCCC)cc1OC(=O)C1(OP(=O)(O)OC(C)C)CCCCC1. The Bertz CT molecular complexity index is 1100. The molecule has 3 atom stereocenters. The fourth-order valence-corrected chi connectivity index (χ4v) is 7.15. The number of aryl methyl sites for hydroxylation is 1. The summed E-state index contributed by atoms with van der Waals surface area (Å²) in [5.74, 6) is -0.484. The van der Waals surface area contributed by atoms with Crippen molar-refractivity contribution in [2.24, 2.45) is 5.92 Å². The fourth-order valence-electron chi connectivity index (χ4n) is 5.87. The maximum Gasteiger partial charge on any atom is 0.473 e. The third-order valence-electron chi connectivity index (χ3n) is 7.83. The predicted octanol–water partition coefficient (Wildman–Crippen LogP) is 8.29. The molecule has 39 heavy (non-hydrogen) atoms. The van der Waals surface area contributed by atoms with Crippen LogP contribution in [0, 0.1) is 5.92 Å². The van der Waals surface area contributed by atoms with E-state index >= 15 is 0 Å². The Morgan fingerprint density at radius 3 is 2.51 bits per heavy atom. The number of benzene rings is 1.